The highest BCUT2D eigenvalue weighted by atomic mass is 35.5. The van der Waals surface area contributed by atoms with Crippen molar-refractivity contribution in [3.05, 3.63) is 58.2 Å². The van der Waals surface area contributed by atoms with Gasteiger partial charge in [0.15, 0.2) is 11.6 Å². The van der Waals surface area contributed by atoms with Gasteiger partial charge >= 0.3 is 6.01 Å². The Morgan fingerprint density at radius 3 is 2.76 bits per heavy atom. The van der Waals surface area contributed by atoms with Gasteiger partial charge in [-0.2, -0.15) is 15.2 Å². The van der Waals surface area contributed by atoms with E-state index in [0.29, 0.717) is 13.0 Å². The minimum Gasteiger partial charge on any atom is -0.489 e. The van der Waals surface area contributed by atoms with Gasteiger partial charge in [0.1, 0.15) is 59.5 Å². The predicted molar refractivity (Wildman–Crippen MR) is 183 cm³/mol. The van der Waals surface area contributed by atoms with Crippen LogP contribution in [0.5, 0.6) is 11.8 Å². The number of pyridine rings is 1. The van der Waals surface area contributed by atoms with Crippen molar-refractivity contribution in [1.82, 2.24) is 19.9 Å². The molecule has 4 N–H and O–H groups in total. The molecule has 3 aliphatic heterocycles. The van der Waals surface area contributed by atoms with E-state index in [2.05, 4.69) is 15.0 Å². The summed E-state index contributed by atoms with van der Waals surface area (Å²) in [6, 6.07) is 5.17. The molecule has 2 aromatic carbocycles. The summed E-state index contributed by atoms with van der Waals surface area (Å²) in [5.74, 6) is -2.12. The molecule has 6 heterocycles. The van der Waals surface area contributed by atoms with Crippen LogP contribution in [0.15, 0.2) is 30.5 Å². The Morgan fingerprint density at radius 1 is 1.18 bits per heavy atom. The van der Waals surface area contributed by atoms with Gasteiger partial charge in [-0.05, 0) is 37.1 Å². The Morgan fingerprint density at radius 2 is 2.00 bits per heavy atom. The molecular weight excluding hydrogens is 715 g/mol. The monoisotopic (exact) mass is 742 g/mol. The molecule has 0 saturated carbocycles. The van der Waals surface area contributed by atoms with E-state index in [0.717, 1.165) is 23.8 Å². The number of fused-ring (bicyclic) bond motifs is 2. The fraction of sp³-hybridized carbons (Fsp3) is 0.353. The van der Waals surface area contributed by atoms with Crippen molar-refractivity contribution >= 4 is 60.6 Å². The minimum atomic E-state index is -3.03. The summed E-state index contributed by atoms with van der Waals surface area (Å²) in [6.07, 6.45) is -0.996. The van der Waals surface area contributed by atoms with Gasteiger partial charge in [-0.1, -0.05) is 23.7 Å². The van der Waals surface area contributed by atoms with Crippen molar-refractivity contribution in [2.45, 2.75) is 43.4 Å². The highest BCUT2D eigenvalue weighted by Crippen LogP contribution is 2.52. The molecule has 3 atom stereocenters. The van der Waals surface area contributed by atoms with E-state index in [1.165, 1.54) is 29.3 Å². The molecular formula is C34H28ClF5N8O2S. The van der Waals surface area contributed by atoms with Crippen molar-refractivity contribution in [2.75, 3.05) is 49.2 Å². The standard InChI is InChI=1S/C34H28ClF5N8O2S/c35-23-21(16-4-5-19(37)28-20(16)18(12-41)31(43)51-28)24(38)25-22-27(23)49-10-9-48(26(29(39)40)17-3-1-7-44-30(17)42)32(22)46-33(45-25)50-14-34-6-2-8-47(34)13-15(36)11-34/h1,3-5,7,15,26,29H,2,6,8-11,13-14,43H2,(H2,42,44)/t15-,26?,34+/m1/s1. The fourth-order valence-electron chi connectivity index (χ4n) is 7.78. The SMILES string of the molecule is N#Cc1c(N)sc2c(F)ccc(-c3c(Cl)c4c5c(nc(OC[C@@]67CCCN6C[C@H](F)C7)nc5c3F)N(C(c3cccnc3N)C(F)F)CCO4)c12. The van der Waals surface area contributed by atoms with E-state index in [-0.39, 0.29) is 104 Å². The second kappa shape index (κ2) is 12.5. The molecule has 264 valence electrons. The van der Waals surface area contributed by atoms with Crippen molar-refractivity contribution < 1.29 is 31.4 Å². The van der Waals surface area contributed by atoms with E-state index >= 15 is 17.6 Å². The molecule has 0 amide bonds. The third-order valence-electron chi connectivity index (χ3n) is 9.99. The Hall–Kier alpha value is -4.72. The Balaban J connectivity index is 1.38. The summed E-state index contributed by atoms with van der Waals surface area (Å²) in [5.41, 5.74) is 10.8. The number of rotatable bonds is 7. The molecule has 2 saturated heterocycles. The first-order valence-corrected chi connectivity index (χ1v) is 17.3. The summed E-state index contributed by atoms with van der Waals surface area (Å²) < 4.78 is 89.3. The second-order valence-corrected chi connectivity index (χ2v) is 14.2. The number of ether oxygens (including phenoxy) is 2. The summed E-state index contributed by atoms with van der Waals surface area (Å²) in [7, 11) is 0. The Bertz CT molecular complexity index is 2270. The number of aromatic nitrogens is 3. The quantitative estimate of drug-likeness (QED) is 0.167. The van der Waals surface area contributed by atoms with Crippen LogP contribution in [0.4, 0.5) is 38.6 Å². The smallest absolute Gasteiger partial charge is 0.319 e. The van der Waals surface area contributed by atoms with Crippen LogP contribution < -0.4 is 25.8 Å². The molecule has 2 fully saturated rings. The number of alkyl halides is 3. The number of anilines is 3. The number of nitrogen functional groups attached to an aromatic ring is 2. The predicted octanol–water partition coefficient (Wildman–Crippen LogP) is 7.03. The maximum atomic E-state index is 17.3. The fourth-order valence-corrected chi connectivity index (χ4v) is 9.06. The Kier molecular flexibility index (Phi) is 8.19. The molecule has 8 rings (SSSR count). The number of halogens is 6. The molecule has 3 aliphatic rings. The lowest BCUT2D eigenvalue weighted by Crippen LogP contribution is -2.43. The van der Waals surface area contributed by atoms with Crippen molar-refractivity contribution in [1.29, 1.82) is 5.26 Å². The topological polar surface area (TPSA) is 139 Å². The van der Waals surface area contributed by atoms with E-state index in [1.807, 2.05) is 11.0 Å². The van der Waals surface area contributed by atoms with Crippen LogP contribution in [-0.2, 0) is 0 Å². The lowest BCUT2D eigenvalue weighted by atomic mass is 9.95. The molecule has 0 bridgehead atoms. The van der Waals surface area contributed by atoms with E-state index in [4.69, 9.17) is 32.5 Å². The van der Waals surface area contributed by atoms with Crippen LogP contribution in [-0.4, -0.2) is 70.8 Å². The average Bonchev–Trinajstić information content (AvgIpc) is 3.70. The summed E-state index contributed by atoms with van der Waals surface area (Å²) in [4.78, 5) is 16.3. The number of nitrogens with zero attached hydrogens (tertiary/aromatic N) is 6. The van der Waals surface area contributed by atoms with E-state index < -0.39 is 41.3 Å². The number of benzene rings is 2. The van der Waals surface area contributed by atoms with Crippen LogP contribution in [0.1, 0.15) is 36.4 Å². The third-order valence-corrected chi connectivity index (χ3v) is 11.4. The first-order valence-electron chi connectivity index (χ1n) is 16.1. The highest BCUT2D eigenvalue weighted by molar-refractivity contribution is 7.23. The van der Waals surface area contributed by atoms with Crippen molar-refractivity contribution in [3.63, 3.8) is 0 Å². The summed E-state index contributed by atoms with van der Waals surface area (Å²) in [5, 5.41) is 9.59. The maximum Gasteiger partial charge on any atom is 0.319 e. The largest absolute Gasteiger partial charge is 0.489 e. The lowest BCUT2D eigenvalue weighted by molar-refractivity contribution is 0.106. The van der Waals surface area contributed by atoms with Crippen LogP contribution in [0.2, 0.25) is 5.02 Å². The van der Waals surface area contributed by atoms with Gasteiger partial charge in [0.25, 0.3) is 6.43 Å². The van der Waals surface area contributed by atoms with Crippen molar-refractivity contribution in [3.8, 4) is 29.0 Å². The molecule has 5 aromatic rings. The van der Waals surface area contributed by atoms with Gasteiger partial charge in [-0.3, -0.25) is 4.90 Å². The van der Waals surface area contributed by atoms with Gasteiger partial charge < -0.3 is 25.8 Å². The molecule has 0 radical (unpaired) electrons. The summed E-state index contributed by atoms with van der Waals surface area (Å²) in [6.45, 7) is 0.518. The normalized spacial score (nSPS) is 20.8. The molecule has 0 aliphatic carbocycles. The Labute approximate surface area is 296 Å². The van der Waals surface area contributed by atoms with Gasteiger partial charge in [0, 0.05) is 35.7 Å². The first kappa shape index (κ1) is 33.4. The van der Waals surface area contributed by atoms with Gasteiger partial charge in [-0.25, -0.2) is 26.9 Å². The lowest BCUT2D eigenvalue weighted by Gasteiger charge is -2.33. The minimum absolute atomic E-state index is 0.00147. The van der Waals surface area contributed by atoms with E-state index in [1.54, 1.807) is 0 Å². The zero-order valence-corrected chi connectivity index (χ0v) is 28.2. The molecule has 3 aromatic heterocycles. The van der Waals surface area contributed by atoms with Crippen molar-refractivity contribution in [2.24, 2.45) is 0 Å². The number of hydrogen-bond acceptors (Lipinski definition) is 11. The number of thiophene rings is 1. The zero-order chi connectivity index (χ0) is 35.8. The molecule has 1 unspecified atom stereocenters. The maximum absolute atomic E-state index is 17.3. The van der Waals surface area contributed by atoms with Crippen LogP contribution in [0.3, 0.4) is 0 Å². The average molecular weight is 743 g/mol. The second-order valence-electron chi connectivity index (χ2n) is 12.8. The van der Waals surface area contributed by atoms with Gasteiger partial charge in [-0.15, -0.1) is 11.3 Å². The van der Waals surface area contributed by atoms with Crippen LogP contribution >= 0.6 is 22.9 Å². The zero-order valence-electron chi connectivity index (χ0n) is 26.6. The van der Waals surface area contributed by atoms with Crippen LogP contribution in [0.25, 0.3) is 32.1 Å². The van der Waals surface area contributed by atoms with Gasteiger partial charge in [0.05, 0.1) is 32.8 Å². The number of hydrogen-bond donors (Lipinski definition) is 2. The number of nitriles is 1. The third kappa shape index (κ3) is 5.24. The first-order chi connectivity index (χ1) is 24.5. The molecule has 0 spiro atoms. The van der Waals surface area contributed by atoms with Gasteiger partial charge in [0.2, 0.25) is 0 Å². The highest BCUT2D eigenvalue weighted by Gasteiger charge is 2.49. The summed E-state index contributed by atoms with van der Waals surface area (Å²) >= 11 is 7.78. The van der Waals surface area contributed by atoms with E-state index in [9.17, 15) is 9.65 Å². The van der Waals surface area contributed by atoms with Crippen LogP contribution in [0, 0.1) is 23.0 Å². The molecule has 17 heteroatoms. The molecule has 10 nitrogen and oxygen atoms in total. The molecule has 51 heavy (non-hydrogen) atoms. The number of nitrogens with two attached hydrogens (primary N) is 2.